The summed E-state index contributed by atoms with van der Waals surface area (Å²) in [6, 6.07) is 1.54. The molecule has 0 saturated carbocycles. The fourth-order valence-corrected chi connectivity index (χ4v) is 0.963. The summed E-state index contributed by atoms with van der Waals surface area (Å²) in [6.45, 7) is 3.02. The molecule has 0 heterocycles. The average Bonchev–Trinajstić information content (AvgIpc) is 2.02. The van der Waals surface area contributed by atoms with Crippen LogP contribution in [0.4, 0.5) is 13.2 Å². The molecule has 13 heavy (non-hydrogen) atoms. The number of halogens is 3. The predicted octanol–water partition coefficient (Wildman–Crippen LogP) is 3.58. The monoisotopic (exact) mass is 191 g/mol. The molecule has 0 aliphatic rings. The highest BCUT2D eigenvalue weighted by atomic mass is 19.4. The molecule has 0 saturated heterocycles. The number of alkyl halides is 3. The van der Waals surface area contributed by atoms with Gasteiger partial charge in [0.1, 0.15) is 0 Å². The van der Waals surface area contributed by atoms with Gasteiger partial charge in [0, 0.05) is 11.1 Å². The molecule has 0 bridgehead atoms. The highest BCUT2D eigenvalue weighted by molar-refractivity contribution is 5.28. The number of unbranched alkanes of at least 4 members (excludes halogenated alkanes) is 1. The van der Waals surface area contributed by atoms with Gasteiger partial charge in [-0.2, -0.15) is 18.4 Å². The summed E-state index contributed by atoms with van der Waals surface area (Å²) in [4.78, 5) is 0. The summed E-state index contributed by atoms with van der Waals surface area (Å²) in [6.07, 6.45) is -3.25. The first-order valence-corrected chi connectivity index (χ1v) is 4.10. The lowest BCUT2D eigenvalue weighted by molar-refractivity contribution is -0.0947. The van der Waals surface area contributed by atoms with Gasteiger partial charge < -0.3 is 0 Å². The first-order valence-electron chi connectivity index (χ1n) is 4.10. The molecule has 0 spiro atoms. The lowest BCUT2D eigenvalue weighted by Crippen LogP contribution is -2.13. The largest absolute Gasteiger partial charge is 0.413 e. The molecule has 0 aliphatic heterocycles. The van der Waals surface area contributed by atoms with Crippen molar-refractivity contribution >= 4 is 0 Å². The Kier molecular flexibility index (Phi) is 4.53. The van der Waals surface area contributed by atoms with Crippen LogP contribution in [0.3, 0.4) is 0 Å². The topological polar surface area (TPSA) is 23.8 Å². The Morgan fingerprint density at radius 3 is 2.23 bits per heavy atom. The zero-order chi connectivity index (χ0) is 10.5. The maximum absolute atomic E-state index is 12.3. The fourth-order valence-electron chi connectivity index (χ4n) is 0.963. The smallest absolute Gasteiger partial charge is 0.193 e. The normalized spacial score (nSPS) is 13.5. The van der Waals surface area contributed by atoms with Crippen molar-refractivity contribution in [2.45, 2.75) is 39.3 Å². The van der Waals surface area contributed by atoms with E-state index in [-0.39, 0.29) is 12.0 Å². The fraction of sp³-hybridized carbons (Fsp3) is 0.667. The molecular weight excluding hydrogens is 179 g/mol. The first-order chi connectivity index (χ1) is 5.93. The van der Waals surface area contributed by atoms with E-state index in [1.54, 1.807) is 6.07 Å². The maximum atomic E-state index is 12.3. The quantitative estimate of drug-likeness (QED) is 0.625. The van der Waals surface area contributed by atoms with Gasteiger partial charge in [0.25, 0.3) is 0 Å². The summed E-state index contributed by atoms with van der Waals surface area (Å²) in [7, 11) is 0. The Morgan fingerprint density at radius 2 is 1.92 bits per heavy atom. The average molecular weight is 191 g/mol. The van der Waals surface area contributed by atoms with Crippen LogP contribution >= 0.6 is 0 Å². The molecule has 0 unspecified atom stereocenters. The minimum absolute atomic E-state index is 0.0562. The third-order valence-corrected chi connectivity index (χ3v) is 1.74. The van der Waals surface area contributed by atoms with E-state index in [2.05, 4.69) is 0 Å². The van der Waals surface area contributed by atoms with Crippen LogP contribution in [0.2, 0.25) is 0 Å². The molecule has 0 amide bonds. The van der Waals surface area contributed by atoms with Gasteiger partial charge in [-0.1, -0.05) is 13.3 Å². The standard InChI is InChI=1S/C9H12F3N/c1-3-4-5-8(7(2)6-13)9(10,11)12/h3-5H2,1-2H3/b8-7-. The third-order valence-electron chi connectivity index (χ3n) is 1.74. The molecule has 0 aliphatic carbocycles. The Hall–Kier alpha value is -0.980. The van der Waals surface area contributed by atoms with Gasteiger partial charge in [-0.25, -0.2) is 0 Å². The summed E-state index contributed by atoms with van der Waals surface area (Å²) in [5.41, 5.74) is -0.905. The molecule has 0 atom stereocenters. The summed E-state index contributed by atoms with van der Waals surface area (Å²) in [5, 5.41) is 8.36. The first kappa shape index (κ1) is 12.0. The number of nitriles is 1. The second kappa shape index (κ2) is 4.90. The SMILES string of the molecule is CCCC/C(=C(\C)C#N)C(F)(F)F. The van der Waals surface area contributed by atoms with Crippen LogP contribution in [-0.2, 0) is 0 Å². The van der Waals surface area contributed by atoms with Crippen LogP contribution in [0.5, 0.6) is 0 Å². The van der Waals surface area contributed by atoms with E-state index >= 15 is 0 Å². The molecule has 0 aromatic heterocycles. The molecule has 4 heteroatoms. The Labute approximate surface area is 75.9 Å². The second-order valence-corrected chi connectivity index (χ2v) is 2.82. The van der Waals surface area contributed by atoms with Gasteiger partial charge >= 0.3 is 6.18 Å². The van der Waals surface area contributed by atoms with Crippen molar-refractivity contribution in [2.75, 3.05) is 0 Å². The number of hydrogen-bond donors (Lipinski definition) is 0. The number of hydrogen-bond acceptors (Lipinski definition) is 1. The second-order valence-electron chi connectivity index (χ2n) is 2.82. The predicted molar refractivity (Wildman–Crippen MR) is 43.9 cm³/mol. The molecular formula is C9H12F3N. The minimum atomic E-state index is -4.35. The van der Waals surface area contributed by atoms with E-state index in [9.17, 15) is 13.2 Å². The highest BCUT2D eigenvalue weighted by Crippen LogP contribution is 2.31. The van der Waals surface area contributed by atoms with E-state index in [0.29, 0.717) is 12.8 Å². The Bertz CT molecular complexity index is 232. The van der Waals surface area contributed by atoms with Crippen LogP contribution < -0.4 is 0 Å². The maximum Gasteiger partial charge on any atom is 0.413 e. The Morgan fingerprint density at radius 1 is 1.38 bits per heavy atom. The van der Waals surface area contributed by atoms with E-state index in [0.717, 1.165) is 0 Å². The van der Waals surface area contributed by atoms with Crippen molar-refractivity contribution < 1.29 is 13.2 Å². The van der Waals surface area contributed by atoms with E-state index in [1.807, 2.05) is 6.92 Å². The van der Waals surface area contributed by atoms with Crippen LogP contribution in [0.1, 0.15) is 33.1 Å². The van der Waals surface area contributed by atoms with Gasteiger partial charge in [0.15, 0.2) is 0 Å². The van der Waals surface area contributed by atoms with Crippen LogP contribution in [-0.4, -0.2) is 6.18 Å². The van der Waals surface area contributed by atoms with Crippen molar-refractivity contribution in [1.82, 2.24) is 0 Å². The van der Waals surface area contributed by atoms with Crippen LogP contribution in [0, 0.1) is 11.3 Å². The van der Waals surface area contributed by atoms with Gasteiger partial charge in [0.05, 0.1) is 6.07 Å². The highest BCUT2D eigenvalue weighted by Gasteiger charge is 2.34. The van der Waals surface area contributed by atoms with Crippen molar-refractivity contribution in [1.29, 1.82) is 5.26 Å². The zero-order valence-corrected chi connectivity index (χ0v) is 7.70. The molecule has 74 valence electrons. The van der Waals surface area contributed by atoms with Gasteiger partial charge in [-0.3, -0.25) is 0 Å². The zero-order valence-electron chi connectivity index (χ0n) is 7.70. The summed E-state index contributed by atoms with van der Waals surface area (Å²) in [5.74, 6) is 0. The molecule has 0 aromatic rings. The molecule has 0 rings (SSSR count). The lowest BCUT2D eigenvalue weighted by Gasteiger charge is -2.11. The molecule has 0 fully saturated rings. The summed E-state index contributed by atoms with van der Waals surface area (Å²) >= 11 is 0. The van der Waals surface area contributed by atoms with Gasteiger partial charge in [0.2, 0.25) is 0 Å². The lowest BCUT2D eigenvalue weighted by atomic mass is 10.0. The summed E-state index contributed by atoms with van der Waals surface area (Å²) < 4.78 is 36.8. The molecule has 1 nitrogen and oxygen atoms in total. The van der Waals surface area contributed by atoms with Crippen LogP contribution in [0.15, 0.2) is 11.1 Å². The van der Waals surface area contributed by atoms with Crippen LogP contribution in [0.25, 0.3) is 0 Å². The van der Waals surface area contributed by atoms with E-state index < -0.39 is 11.7 Å². The van der Waals surface area contributed by atoms with E-state index in [4.69, 9.17) is 5.26 Å². The number of nitrogens with zero attached hydrogens (tertiary/aromatic N) is 1. The Balaban J connectivity index is 4.70. The number of rotatable bonds is 3. The van der Waals surface area contributed by atoms with E-state index in [1.165, 1.54) is 6.92 Å². The molecule has 0 N–H and O–H groups in total. The molecule has 0 aromatic carbocycles. The minimum Gasteiger partial charge on any atom is -0.193 e. The van der Waals surface area contributed by atoms with Gasteiger partial charge in [-0.05, 0) is 19.8 Å². The van der Waals surface area contributed by atoms with Crippen molar-refractivity contribution in [3.63, 3.8) is 0 Å². The van der Waals surface area contributed by atoms with Crippen molar-refractivity contribution in [3.8, 4) is 6.07 Å². The third kappa shape index (κ3) is 3.97. The van der Waals surface area contributed by atoms with Crippen molar-refractivity contribution in [3.05, 3.63) is 11.1 Å². The van der Waals surface area contributed by atoms with Gasteiger partial charge in [-0.15, -0.1) is 0 Å². The van der Waals surface area contributed by atoms with Crippen molar-refractivity contribution in [2.24, 2.45) is 0 Å². The number of allylic oxidation sites excluding steroid dienone is 2. The molecule has 0 radical (unpaired) electrons.